The molecule has 2 aromatic rings. The van der Waals surface area contributed by atoms with Gasteiger partial charge in [0.25, 0.3) is 0 Å². The lowest BCUT2D eigenvalue weighted by Gasteiger charge is -2.19. The molecule has 0 fully saturated rings. The Kier molecular flexibility index (Phi) is 8.24. The predicted octanol–water partition coefficient (Wildman–Crippen LogP) is 7.69. The number of hydrogen-bond acceptors (Lipinski definition) is 1. The van der Waals surface area contributed by atoms with E-state index in [0.29, 0.717) is 30.9 Å². The van der Waals surface area contributed by atoms with Crippen LogP contribution in [0.4, 0.5) is 8.78 Å². The maximum absolute atomic E-state index is 14.2. The molecular weight excluding hydrogens is 378 g/mol. The second-order valence-corrected chi connectivity index (χ2v) is 7.96. The summed E-state index contributed by atoms with van der Waals surface area (Å²) in [5, 5.41) is 0. The predicted molar refractivity (Wildman–Crippen MR) is 121 cm³/mol. The number of ether oxygens (including phenoxy) is 1. The van der Waals surface area contributed by atoms with Crippen LogP contribution >= 0.6 is 0 Å². The molecule has 0 aromatic heterocycles. The van der Waals surface area contributed by atoms with Gasteiger partial charge >= 0.3 is 0 Å². The molecule has 3 rings (SSSR count). The Bertz CT molecular complexity index is 880. The summed E-state index contributed by atoms with van der Waals surface area (Å²) in [6, 6.07) is 12.1. The molecule has 1 nitrogen and oxygen atoms in total. The van der Waals surface area contributed by atoms with Crippen molar-refractivity contribution >= 4 is 5.57 Å². The number of hydrogen-bond donors (Lipinski definition) is 0. The molecule has 30 heavy (non-hydrogen) atoms. The van der Waals surface area contributed by atoms with E-state index in [2.05, 4.69) is 49.4 Å². The summed E-state index contributed by atoms with van der Waals surface area (Å²) in [6.45, 7) is 4.28. The number of rotatable bonds is 9. The summed E-state index contributed by atoms with van der Waals surface area (Å²) >= 11 is 0. The maximum atomic E-state index is 14.2. The molecule has 1 unspecified atom stereocenters. The molecule has 2 aromatic carbocycles. The van der Waals surface area contributed by atoms with Crippen LogP contribution in [0.15, 0.2) is 54.6 Å². The standard InChI is InChI=1S/C27H32F2O/c1-3-7-20-10-14-22(15-11-20)23-16-12-21(13-17-23)8-5-6-9-24-18-19-25(30-4-2)27(29)26(24)28/h5,8,10-11,14-16,18-19,21H,3-4,6-7,9,12-13,17H2,1-2H3/b8-5+. The van der Waals surface area contributed by atoms with Crippen LogP contribution in [0.3, 0.4) is 0 Å². The largest absolute Gasteiger partial charge is 0.491 e. The second kappa shape index (κ2) is 11.1. The Balaban J connectivity index is 1.49. The van der Waals surface area contributed by atoms with Crippen molar-refractivity contribution in [1.29, 1.82) is 0 Å². The fourth-order valence-corrected chi connectivity index (χ4v) is 4.02. The lowest BCUT2D eigenvalue weighted by molar-refractivity contribution is 0.313. The lowest BCUT2D eigenvalue weighted by atomic mass is 9.86. The van der Waals surface area contributed by atoms with Gasteiger partial charge in [-0.25, -0.2) is 4.39 Å². The van der Waals surface area contributed by atoms with Crippen molar-refractivity contribution in [3.8, 4) is 5.75 Å². The van der Waals surface area contributed by atoms with Gasteiger partial charge in [0, 0.05) is 0 Å². The molecule has 0 bridgehead atoms. The normalized spacial score (nSPS) is 16.7. The molecule has 0 N–H and O–H groups in total. The van der Waals surface area contributed by atoms with E-state index in [9.17, 15) is 8.78 Å². The maximum Gasteiger partial charge on any atom is 0.200 e. The lowest BCUT2D eigenvalue weighted by Crippen LogP contribution is -2.03. The fraction of sp³-hybridized carbons (Fsp3) is 0.407. The van der Waals surface area contributed by atoms with Gasteiger partial charge in [-0.1, -0.05) is 61.9 Å². The van der Waals surface area contributed by atoms with E-state index in [4.69, 9.17) is 4.74 Å². The van der Waals surface area contributed by atoms with Crippen LogP contribution in [0.2, 0.25) is 0 Å². The molecular formula is C27H32F2O. The van der Waals surface area contributed by atoms with E-state index in [0.717, 1.165) is 25.7 Å². The van der Waals surface area contributed by atoms with Crippen molar-refractivity contribution in [3.63, 3.8) is 0 Å². The average Bonchev–Trinajstić information content (AvgIpc) is 2.77. The monoisotopic (exact) mass is 410 g/mol. The van der Waals surface area contributed by atoms with E-state index in [1.165, 1.54) is 29.2 Å². The van der Waals surface area contributed by atoms with Crippen molar-refractivity contribution in [3.05, 3.63) is 83.0 Å². The summed E-state index contributed by atoms with van der Waals surface area (Å²) in [7, 11) is 0. The Morgan fingerprint density at radius 3 is 2.47 bits per heavy atom. The van der Waals surface area contributed by atoms with Gasteiger partial charge in [0.15, 0.2) is 11.6 Å². The van der Waals surface area contributed by atoms with E-state index in [1.807, 2.05) is 0 Å². The van der Waals surface area contributed by atoms with Crippen LogP contribution in [-0.4, -0.2) is 6.61 Å². The molecule has 1 atom stereocenters. The van der Waals surface area contributed by atoms with E-state index in [1.54, 1.807) is 13.0 Å². The molecule has 1 aliphatic carbocycles. The molecule has 0 radical (unpaired) electrons. The molecule has 0 heterocycles. The Hall–Kier alpha value is -2.42. The van der Waals surface area contributed by atoms with Crippen molar-refractivity contribution in [2.75, 3.05) is 6.61 Å². The van der Waals surface area contributed by atoms with E-state index < -0.39 is 11.6 Å². The molecule has 0 aliphatic heterocycles. The molecule has 0 spiro atoms. The Morgan fingerprint density at radius 2 is 1.80 bits per heavy atom. The van der Waals surface area contributed by atoms with Gasteiger partial charge in [0.1, 0.15) is 0 Å². The zero-order valence-corrected chi connectivity index (χ0v) is 18.1. The Labute approximate surface area is 179 Å². The quantitative estimate of drug-likeness (QED) is 0.385. The zero-order valence-electron chi connectivity index (χ0n) is 18.1. The van der Waals surface area contributed by atoms with Crippen LogP contribution in [0.5, 0.6) is 5.75 Å². The molecule has 0 amide bonds. The summed E-state index contributed by atoms with van der Waals surface area (Å²) in [4.78, 5) is 0. The fourth-order valence-electron chi connectivity index (χ4n) is 4.02. The second-order valence-electron chi connectivity index (χ2n) is 7.96. The third kappa shape index (κ3) is 5.81. The minimum Gasteiger partial charge on any atom is -0.491 e. The first kappa shape index (κ1) is 22.3. The van der Waals surface area contributed by atoms with Crippen LogP contribution in [0.1, 0.15) is 62.6 Å². The van der Waals surface area contributed by atoms with Crippen molar-refractivity contribution < 1.29 is 13.5 Å². The molecule has 3 heteroatoms. The van der Waals surface area contributed by atoms with E-state index in [-0.39, 0.29) is 5.75 Å². The SMILES string of the molecule is CCCc1ccc(C2=CCC(/C=C/CCc3ccc(OCC)c(F)c3F)CC2)cc1. The summed E-state index contributed by atoms with van der Waals surface area (Å²) in [6.07, 6.45) is 13.5. The van der Waals surface area contributed by atoms with Crippen LogP contribution in [0, 0.1) is 17.6 Å². The van der Waals surface area contributed by atoms with Crippen LogP contribution in [0.25, 0.3) is 5.57 Å². The number of halogens is 2. The van der Waals surface area contributed by atoms with Gasteiger partial charge in [0.05, 0.1) is 6.61 Å². The van der Waals surface area contributed by atoms with Crippen LogP contribution in [-0.2, 0) is 12.8 Å². The highest BCUT2D eigenvalue weighted by atomic mass is 19.2. The smallest absolute Gasteiger partial charge is 0.200 e. The van der Waals surface area contributed by atoms with Crippen molar-refractivity contribution in [2.45, 2.75) is 58.8 Å². The topological polar surface area (TPSA) is 9.23 Å². The number of allylic oxidation sites excluding steroid dienone is 4. The molecule has 1 aliphatic rings. The molecule has 0 saturated carbocycles. The van der Waals surface area contributed by atoms with Crippen molar-refractivity contribution in [1.82, 2.24) is 0 Å². The molecule has 160 valence electrons. The van der Waals surface area contributed by atoms with Crippen molar-refractivity contribution in [2.24, 2.45) is 5.92 Å². The summed E-state index contributed by atoms with van der Waals surface area (Å²) < 4.78 is 33.2. The van der Waals surface area contributed by atoms with Gasteiger partial charge in [-0.15, -0.1) is 0 Å². The summed E-state index contributed by atoms with van der Waals surface area (Å²) in [5.41, 5.74) is 4.58. The van der Waals surface area contributed by atoms with Gasteiger partial charge < -0.3 is 4.74 Å². The first-order valence-corrected chi connectivity index (χ1v) is 11.2. The first-order valence-electron chi connectivity index (χ1n) is 11.2. The average molecular weight is 411 g/mol. The van der Waals surface area contributed by atoms with E-state index >= 15 is 0 Å². The van der Waals surface area contributed by atoms with Gasteiger partial charge in [-0.3, -0.25) is 0 Å². The highest BCUT2D eigenvalue weighted by Gasteiger charge is 2.15. The Morgan fingerprint density at radius 1 is 1.00 bits per heavy atom. The molecule has 0 saturated heterocycles. The minimum absolute atomic E-state index is 0.0147. The number of aryl methyl sites for hydroxylation is 2. The van der Waals surface area contributed by atoms with Gasteiger partial charge in [-0.05, 0) is 79.7 Å². The zero-order chi connectivity index (χ0) is 21.3. The summed E-state index contributed by atoms with van der Waals surface area (Å²) in [5.74, 6) is -1.16. The number of benzene rings is 2. The first-order chi connectivity index (χ1) is 14.6. The third-order valence-electron chi connectivity index (χ3n) is 5.73. The minimum atomic E-state index is -0.883. The van der Waals surface area contributed by atoms with Crippen LogP contribution < -0.4 is 4.74 Å². The van der Waals surface area contributed by atoms with Gasteiger partial charge in [0.2, 0.25) is 5.82 Å². The highest BCUT2D eigenvalue weighted by molar-refractivity contribution is 5.66. The van der Waals surface area contributed by atoms with Gasteiger partial charge in [-0.2, -0.15) is 4.39 Å². The highest BCUT2D eigenvalue weighted by Crippen LogP contribution is 2.31. The third-order valence-corrected chi connectivity index (χ3v) is 5.73.